The van der Waals surface area contributed by atoms with E-state index in [2.05, 4.69) is 11.1 Å². The molecule has 0 saturated heterocycles. The Bertz CT molecular complexity index is 368. The van der Waals surface area contributed by atoms with E-state index in [1.54, 1.807) is 6.20 Å². The van der Waals surface area contributed by atoms with Gasteiger partial charge in [0.2, 0.25) is 0 Å². The quantitative estimate of drug-likeness (QED) is 0.528. The first-order chi connectivity index (χ1) is 9.77. The number of pyridine rings is 1. The zero-order valence-electron chi connectivity index (χ0n) is 12.4. The van der Waals surface area contributed by atoms with E-state index in [-0.39, 0.29) is 11.9 Å². The van der Waals surface area contributed by atoms with Gasteiger partial charge >= 0.3 is 5.97 Å². The summed E-state index contributed by atoms with van der Waals surface area (Å²) in [5, 5.41) is 0. The molecule has 1 aromatic rings. The number of carbonyl (C=O) groups is 1. The molecule has 1 rings (SSSR count). The standard InChI is InChI=1S/C16H26N2O2/c1-2-20-16(19)15(9-3-4-11-17)10-5-7-14-8-6-12-18-13-14/h6,8,12-13,15H,2-5,7,9-11,17H2,1H3/t15-/m1/s1. The van der Waals surface area contributed by atoms with Crippen LogP contribution in [0.15, 0.2) is 24.5 Å². The molecule has 0 aliphatic rings. The third-order valence-corrected chi connectivity index (χ3v) is 3.37. The highest BCUT2D eigenvalue weighted by molar-refractivity contribution is 5.72. The van der Waals surface area contributed by atoms with Crippen molar-refractivity contribution in [2.24, 2.45) is 11.7 Å². The number of rotatable bonds is 10. The van der Waals surface area contributed by atoms with Crippen LogP contribution in [0.2, 0.25) is 0 Å². The van der Waals surface area contributed by atoms with Gasteiger partial charge in [0, 0.05) is 12.4 Å². The Hall–Kier alpha value is -1.42. The second-order valence-corrected chi connectivity index (χ2v) is 4.99. The Morgan fingerprint density at radius 1 is 1.35 bits per heavy atom. The summed E-state index contributed by atoms with van der Waals surface area (Å²) in [7, 11) is 0. The first-order valence-corrected chi connectivity index (χ1v) is 7.53. The summed E-state index contributed by atoms with van der Waals surface area (Å²) in [6, 6.07) is 4.01. The van der Waals surface area contributed by atoms with Crippen molar-refractivity contribution in [3.63, 3.8) is 0 Å². The summed E-state index contributed by atoms with van der Waals surface area (Å²) in [4.78, 5) is 16.0. The highest BCUT2D eigenvalue weighted by Crippen LogP contribution is 2.18. The summed E-state index contributed by atoms with van der Waals surface area (Å²) in [5.74, 6) is -0.0473. The predicted octanol–water partition coefficient (Wildman–Crippen LogP) is 2.71. The van der Waals surface area contributed by atoms with Crippen molar-refractivity contribution >= 4 is 5.97 Å². The third kappa shape index (κ3) is 6.66. The monoisotopic (exact) mass is 278 g/mol. The highest BCUT2D eigenvalue weighted by atomic mass is 16.5. The smallest absolute Gasteiger partial charge is 0.308 e. The predicted molar refractivity (Wildman–Crippen MR) is 80.2 cm³/mol. The topological polar surface area (TPSA) is 65.2 Å². The Labute approximate surface area is 121 Å². The summed E-state index contributed by atoms with van der Waals surface area (Å²) < 4.78 is 5.15. The van der Waals surface area contributed by atoms with Gasteiger partial charge in [0.25, 0.3) is 0 Å². The molecule has 0 saturated carbocycles. The first kappa shape index (κ1) is 16.6. The van der Waals surface area contributed by atoms with Crippen molar-refractivity contribution in [2.45, 2.75) is 45.4 Å². The van der Waals surface area contributed by atoms with Gasteiger partial charge in [-0.25, -0.2) is 0 Å². The second kappa shape index (κ2) is 10.4. The first-order valence-electron chi connectivity index (χ1n) is 7.53. The number of ether oxygens (including phenoxy) is 1. The number of aryl methyl sites for hydroxylation is 1. The fourth-order valence-electron chi connectivity index (χ4n) is 2.27. The molecule has 112 valence electrons. The lowest BCUT2D eigenvalue weighted by Gasteiger charge is -2.15. The molecule has 1 aromatic heterocycles. The van der Waals surface area contributed by atoms with Gasteiger partial charge in [-0.3, -0.25) is 9.78 Å². The van der Waals surface area contributed by atoms with Crippen molar-refractivity contribution in [2.75, 3.05) is 13.2 Å². The normalized spacial score (nSPS) is 12.1. The molecule has 0 bridgehead atoms. The Balaban J connectivity index is 2.36. The number of carbonyl (C=O) groups excluding carboxylic acids is 1. The molecule has 0 spiro atoms. The maximum Gasteiger partial charge on any atom is 0.308 e. The van der Waals surface area contributed by atoms with E-state index in [4.69, 9.17) is 10.5 Å². The number of aromatic nitrogens is 1. The van der Waals surface area contributed by atoms with Gasteiger partial charge in [0.05, 0.1) is 12.5 Å². The summed E-state index contributed by atoms with van der Waals surface area (Å²) in [6.45, 7) is 2.99. The van der Waals surface area contributed by atoms with Crippen LogP contribution < -0.4 is 5.73 Å². The molecule has 0 aliphatic heterocycles. The molecule has 4 heteroatoms. The molecule has 1 atom stereocenters. The van der Waals surface area contributed by atoms with Gasteiger partial charge in [0.15, 0.2) is 0 Å². The van der Waals surface area contributed by atoms with Crippen molar-refractivity contribution in [3.8, 4) is 0 Å². The minimum Gasteiger partial charge on any atom is -0.466 e. The van der Waals surface area contributed by atoms with Gasteiger partial charge in [-0.15, -0.1) is 0 Å². The molecule has 0 amide bonds. The molecule has 1 heterocycles. The van der Waals surface area contributed by atoms with E-state index < -0.39 is 0 Å². The fraction of sp³-hybridized carbons (Fsp3) is 0.625. The molecule has 0 radical (unpaired) electrons. The molecule has 0 fully saturated rings. The number of unbranched alkanes of at least 4 members (excludes halogenated alkanes) is 1. The molecule has 0 aliphatic carbocycles. The van der Waals surface area contributed by atoms with Crippen LogP contribution in [-0.2, 0) is 16.0 Å². The van der Waals surface area contributed by atoms with Crippen LogP contribution in [-0.4, -0.2) is 24.1 Å². The van der Waals surface area contributed by atoms with Gasteiger partial charge in [0.1, 0.15) is 0 Å². The molecule has 0 aromatic carbocycles. The third-order valence-electron chi connectivity index (χ3n) is 3.37. The molecular formula is C16H26N2O2. The molecule has 2 N–H and O–H groups in total. The van der Waals surface area contributed by atoms with Gasteiger partial charge in [-0.2, -0.15) is 0 Å². The Morgan fingerprint density at radius 2 is 2.15 bits per heavy atom. The van der Waals surface area contributed by atoms with Crippen molar-refractivity contribution < 1.29 is 9.53 Å². The number of nitrogens with two attached hydrogens (primary N) is 1. The molecule has 20 heavy (non-hydrogen) atoms. The summed E-state index contributed by atoms with van der Waals surface area (Å²) in [6.07, 6.45) is 9.32. The Morgan fingerprint density at radius 3 is 2.80 bits per heavy atom. The average Bonchev–Trinajstić information content (AvgIpc) is 2.47. The summed E-state index contributed by atoms with van der Waals surface area (Å²) in [5.41, 5.74) is 6.72. The molecule has 4 nitrogen and oxygen atoms in total. The maximum atomic E-state index is 11.9. The van der Waals surface area contributed by atoms with Crippen LogP contribution in [0.1, 0.15) is 44.6 Å². The van der Waals surface area contributed by atoms with Crippen molar-refractivity contribution in [1.29, 1.82) is 0 Å². The van der Waals surface area contributed by atoms with Gasteiger partial charge < -0.3 is 10.5 Å². The second-order valence-electron chi connectivity index (χ2n) is 4.99. The fourth-order valence-corrected chi connectivity index (χ4v) is 2.27. The zero-order valence-corrected chi connectivity index (χ0v) is 12.4. The van der Waals surface area contributed by atoms with Crippen molar-refractivity contribution in [3.05, 3.63) is 30.1 Å². The maximum absolute atomic E-state index is 11.9. The van der Waals surface area contributed by atoms with Gasteiger partial charge in [-0.1, -0.05) is 12.5 Å². The van der Waals surface area contributed by atoms with Crippen molar-refractivity contribution in [1.82, 2.24) is 4.98 Å². The number of hydrogen-bond donors (Lipinski definition) is 1. The highest BCUT2D eigenvalue weighted by Gasteiger charge is 2.18. The Kier molecular flexibility index (Phi) is 8.63. The minimum absolute atomic E-state index is 0.0122. The molecular weight excluding hydrogens is 252 g/mol. The number of esters is 1. The van der Waals surface area contributed by atoms with E-state index >= 15 is 0 Å². The number of nitrogens with zero attached hydrogens (tertiary/aromatic N) is 1. The minimum atomic E-state index is -0.0595. The molecule has 0 unspecified atom stereocenters. The lowest BCUT2D eigenvalue weighted by molar-refractivity contribution is -0.148. The van der Waals surface area contributed by atoms with E-state index in [0.29, 0.717) is 13.2 Å². The van der Waals surface area contributed by atoms with Crippen LogP contribution >= 0.6 is 0 Å². The van der Waals surface area contributed by atoms with Crippen LogP contribution in [0.25, 0.3) is 0 Å². The van der Waals surface area contributed by atoms with Gasteiger partial charge in [-0.05, 0) is 57.2 Å². The van der Waals surface area contributed by atoms with E-state index in [1.165, 1.54) is 5.56 Å². The van der Waals surface area contributed by atoms with E-state index in [9.17, 15) is 4.79 Å². The SMILES string of the molecule is CCOC(=O)[C@H](CCCCN)CCCc1cccnc1. The lowest BCUT2D eigenvalue weighted by Crippen LogP contribution is -2.18. The van der Waals surface area contributed by atoms with Crippen LogP contribution in [0.4, 0.5) is 0 Å². The average molecular weight is 278 g/mol. The van der Waals surface area contributed by atoms with Crippen LogP contribution in [0.3, 0.4) is 0 Å². The zero-order chi connectivity index (χ0) is 14.6. The lowest BCUT2D eigenvalue weighted by atomic mass is 9.95. The van der Waals surface area contributed by atoms with E-state index in [0.717, 1.165) is 38.5 Å². The summed E-state index contributed by atoms with van der Waals surface area (Å²) >= 11 is 0. The number of hydrogen-bond acceptors (Lipinski definition) is 4. The van der Waals surface area contributed by atoms with E-state index in [1.807, 2.05) is 19.2 Å². The van der Waals surface area contributed by atoms with Crippen LogP contribution in [0.5, 0.6) is 0 Å². The van der Waals surface area contributed by atoms with Crippen LogP contribution in [0, 0.1) is 5.92 Å². The largest absolute Gasteiger partial charge is 0.466 e.